The summed E-state index contributed by atoms with van der Waals surface area (Å²) in [5, 5.41) is 3.52. The van der Waals surface area contributed by atoms with Crippen LogP contribution in [0.5, 0.6) is 0 Å². The predicted octanol–water partition coefficient (Wildman–Crippen LogP) is 6.02. The van der Waals surface area contributed by atoms with Crippen molar-refractivity contribution >= 4 is 52.1 Å². The number of ether oxygens (including phenoxy) is 5. The number of nitrogen functional groups attached to an aromatic ring is 1. The molecule has 0 radical (unpaired) electrons. The number of methoxy groups -OCH3 is 5. The Morgan fingerprint density at radius 3 is 1.62 bits per heavy atom. The van der Waals surface area contributed by atoms with Crippen molar-refractivity contribution in [3.63, 3.8) is 0 Å². The van der Waals surface area contributed by atoms with E-state index >= 15 is 0 Å². The summed E-state index contributed by atoms with van der Waals surface area (Å²) >= 11 is 0. The number of aromatic amines is 1. The summed E-state index contributed by atoms with van der Waals surface area (Å²) in [6.07, 6.45) is 1.07. The molecule has 0 unspecified atom stereocenters. The van der Waals surface area contributed by atoms with Crippen molar-refractivity contribution in [1.82, 2.24) is 4.98 Å². The van der Waals surface area contributed by atoms with E-state index in [9.17, 15) is 28.8 Å². The summed E-state index contributed by atoms with van der Waals surface area (Å²) in [4.78, 5) is 69.9. The maximum absolute atomic E-state index is 12.0. The van der Waals surface area contributed by atoms with Crippen LogP contribution in [0.2, 0.25) is 0 Å². The number of hydrogen-bond acceptors (Lipinski definition) is 13. The molecule has 0 fully saturated rings. The number of aryl methyl sites for hydroxylation is 4. The van der Waals surface area contributed by atoms with Crippen LogP contribution in [-0.4, -0.2) is 70.4 Å². The van der Waals surface area contributed by atoms with E-state index in [2.05, 4.69) is 60.8 Å². The summed E-state index contributed by atoms with van der Waals surface area (Å²) in [6, 6.07) is 10.9. The first-order chi connectivity index (χ1) is 27.2. The third kappa shape index (κ3) is 14.0. The van der Waals surface area contributed by atoms with E-state index in [4.69, 9.17) is 5.73 Å². The standard InChI is InChI=1S/C15H19NO4.C14H15NO3.C9H13N.C6H6O4/c1-9-6-7-12(11(3)10(9)2)16-13(15(18)20-5)8-14(17)19-4;1-7-5-10-12(16)6-11(14(17)18-4)15-13(10)9(3)8(7)2;1-6-4-5-9(10)8(3)7(6)2;1-9-5(7)3-4-6(8)10-2/h6-8,16H,1-5H3;5-6H,1-4H3,(H,15,16);4-5H,10H2,1-3H3;1-2H3. The summed E-state index contributed by atoms with van der Waals surface area (Å²) in [7, 11) is 6.14. The van der Waals surface area contributed by atoms with Crippen molar-refractivity contribution in [1.29, 1.82) is 0 Å². The van der Waals surface area contributed by atoms with E-state index in [-0.39, 0.29) is 16.8 Å². The Balaban J connectivity index is 0.000000405. The zero-order valence-corrected chi connectivity index (χ0v) is 35.6. The lowest BCUT2D eigenvalue weighted by Gasteiger charge is -2.14. The third-order valence-corrected chi connectivity index (χ3v) is 9.30. The Kier molecular flexibility index (Phi) is 19.7. The summed E-state index contributed by atoms with van der Waals surface area (Å²) in [5.74, 6) is 0.484. The number of benzene rings is 3. The number of pyridine rings is 1. The molecule has 3 aromatic carbocycles. The number of nitrogens with one attached hydrogen (secondary N) is 2. The molecule has 1 aromatic heterocycles. The summed E-state index contributed by atoms with van der Waals surface area (Å²) in [6.45, 7) is 18.1. The predicted molar refractivity (Wildman–Crippen MR) is 223 cm³/mol. The fraction of sp³-hybridized carbons (Fsp3) is 0.318. The number of anilines is 2. The van der Waals surface area contributed by atoms with Crippen molar-refractivity contribution in [2.24, 2.45) is 0 Å². The average molecular weight is 800 g/mol. The number of hydrogen-bond donors (Lipinski definition) is 3. The van der Waals surface area contributed by atoms with Crippen molar-refractivity contribution < 1.29 is 47.7 Å². The number of aromatic nitrogens is 1. The van der Waals surface area contributed by atoms with Gasteiger partial charge in [0.2, 0.25) is 0 Å². The third-order valence-electron chi connectivity index (χ3n) is 9.30. The van der Waals surface area contributed by atoms with Gasteiger partial charge >= 0.3 is 29.8 Å². The van der Waals surface area contributed by atoms with Crippen LogP contribution in [0.3, 0.4) is 0 Å². The Bertz CT molecular complexity index is 2280. The van der Waals surface area contributed by atoms with E-state index in [1.807, 2.05) is 77.6 Å². The molecule has 0 saturated heterocycles. The van der Waals surface area contributed by atoms with Crippen molar-refractivity contribution in [3.05, 3.63) is 114 Å². The molecular weight excluding hydrogens is 746 g/mol. The molecule has 0 bridgehead atoms. The van der Waals surface area contributed by atoms with E-state index in [0.717, 1.165) is 50.8 Å². The first kappa shape index (κ1) is 49.1. The van der Waals surface area contributed by atoms with Crippen molar-refractivity contribution in [3.8, 4) is 11.8 Å². The van der Waals surface area contributed by atoms with Crippen LogP contribution in [0.25, 0.3) is 10.9 Å². The maximum atomic E-state index is 12.0. The summed E-state index contributed by atoms with van der Waals surface area (Å²) in [5.41, 5.74) is 18.3. The second kappa shape index (κ2) is 23.2. The molecule has 0 aliphatic carbocycles. The number of nitrogens with two attached hydrogens (primary N) is 1. The Morgan fingerprint density at radius 1 is 0.621 bits per heavy atom. The zero-order chi connectivity index (χ0) is 44.4. The largest absolute Gasteiger partial charge is 0.466 e. The average Bonchev–Trinajstić information content (AvgIpc) is 3.22. The van der Waals surface area contributed by atoms with Crippen LogP contribution in [0.1, 0.15) is 60.6 Å². The number of fused-ring (bicyclic) bond motifs is 1. The Labute approximate surface area is 339 Å². The molecule has 4 rings (SSSR count). The minimum absolute atomic E-state index is 0.0331. The number of H-pyrrole nitrogens is 1. The number of rotatable bonds is 5. The second-order valence-electron chi connectivity index (χ2n) is 12.7. The Morgan fingerprint density at radius 2 is 1.14 bits per heavy atom. The minimum atomic E-state index is -0.759. The SMILES string of the molecule is COC(=O)C#CC(=O)OC.COC(=O)C=C(Nc1ccc(C)c(C)c1C)C(=O)OC.COC(=O)c1cc(=O)c2cc(C)c(C)c(C)c2[nH]1.Cc1ccc(N)c(C)c1C. The molecule has 58 heavy (non-hydrogen) atoms. The fourth-order valence-electron chi connectivity index (χ4n) is 4.89. The van der Waals surface area contributed by atoms with Gasteiger partial charge < -0.3 is 39.7 Å². The second-order valence-corrected chi connectivity index (χ2v) is 12.7. The zero-order valence-electron chi connectivity index (χ0n) is 35.6. The van der Waals surface area contributed by atoms with Gasteiger partial charge in [0.05, 0.1) is 47.1 Å². The van der Waals surface area contributed by atoms with E-state index in [0.29, 0.717) is 10.9 Å². The smallest absolute Gasteiger partial charge is 0.384 e. The first-order valence-electron chi connectivity index (χ1n) is 17.6. The van der Waals surface area contributed by atoms with E-state index in [1.54, 1.807) is 0 Å². The van der Waals surface area contributed by atoms with Crippen LogP contribution in [0, 0.1) is 74.2 Å². The molecule has 4 aromatic rings. The monoisotopic (exact) mass is 799 g/mol. The molecule has 0 aliphatic rings. The molecule has 14 heteroatoms. The lowest BCUT2D eigenvalue weighted by molar-refractivity contribution is -0.138. The van der Waals surface area contributed by atoms with Gasteiger partial charge in [0.1, 0.15) is 11.4 Å². The highest BCUT2D eigenvalue weighted by atomic mass is 16.5. The topological polar surface area (TPSA) is 202 Å². The number of carbonyl (C=O) groups is 5. The molecule has 310 valence electrons. The van der Waals surface area contributed by atoms with Crippen LogP contribution >= 0.6 is 0 Å². The number of carbonyl (C=O) groups excluding carboxylic acids is 5. The molecule has 0 atom stereocenters. The highest BCUT2D eigenvalue weighted by Gasteiger charge is 2.15. The van der Waals surface area contributed by atoms with Gasteiger partial charge in [0, 0.05) is 34.7 Å². The lowest BCUT2D eigenvalue weighted by atomic mass is 9.99. The quantitative estimate of drug-likeness (QED) is 0.0529. The van der Waals surface area contributed by atoms with Gasteiger partial charge in [-0.3, -0.25) is 4.79 Å². The fourth-order valence-corrected chi connectivity index (χ4v) is 4.89. The van der Waals surface area contributed by atoms with Crippen LogP contribution < -0.4 is 16.5 Å². The minimum Gasteiger partial charge on any atom is -0.466 e. The normalized spacial score (nSPS) is 10.0. The Hall–Kier alpha value is -6.88. The molecule has 0 saturated carbocycles. The van der Waals surface area contributed by atoms with Gasteiger partial charge in [-0.15, -0.1) is 0 Å². The maximum Gasteiger partial charge on any atom is 0.384 e. The van der Waals surface area contributed by atoms with Gasteiger partial charge in [-0.05, 0) is 131 Å². The number of esters is 5. The van der Waals surface area contributed by atoms with Gasteiger partial charge in [0.15, 0.2) is 5.43 Å². The summed E-state index contributed by atoms with van der Waals surface area (Å²) < 4.78 is 22.0. The lowest BCUT2D eigenvalue weighted by Crippen LogP contribution is -2.16. The van der Waals surface area contributed by atoms with Gasteiger partial charge in [-0.25, -0.2) is 24.0 Å². The molecular formula is C44H53N3O11. The molecule has 0 spiro atoms. The molecule has 0 amide bonds. The van der Waals surface area contributed by atoms with Crippen molar-refractivity contribution in [2.75, 3.05) is 46.6 Å². The van der Waals surface area contributed by atoms with Crippen molar-refractivity contribution in [2.45, 2.75) is 62.3 Å². The van der Waals surface area contributed by atoms with Gasteiger partial charge in [-0.2, -0.15) is 0 Å². The first-order valence-corrected chi connectivity index (χ1v) is 17.6. The molecule has 14 nitrogen and oxygen atoms in total. The van der Waals surface area contributed by atoms with E-state index < -0.39 is 29.8 Å². The highest BCUT2D eigenvalue weighted by molar-refractivity contribution is 5.99. The molecule has 4 N–H and O–H groups in total. The van der Waals surface area contributed by atoms with Crippen LogP contribution in [-0.2, 0) is 42.9 Å². The van der Waals surface area contributed by atoms with E-state index in [1.165, 1.54) is 58.3 Å². The van der Waals surface area contributed by atoms with Crippen LogP contribution in [0.4, 0.5) is 11.4 Å². The highest BCUT2D eigenvalue weighted by Crippen LogP contribution is 2.24. The molecule has 1 heterocycles. The van der Waals surface area contributed by atoms with Gasteiger partial charge in [-0.1, -0.05) is 12.1 Å². The van der Waals surface area contributed by atoms with Crippen LogP contribution in [0.15, 0.2) is 53.0 Å². The van der Waals surface area contributed by atoms with Gasteiger partial charge in [0.25, 0.3) is 0 Å². The molecule has 0 aliphatic heterocycles.